The first-order valence-electron chi connectivity index (χ1n) is 10.0. The van der Waals surface area contributed by atoms with E-state index in [0.717, 1.165) is 16.7 Å². The number of hydrogen-bond acceptors (Lipinski definition) is 4. The second-order valence-electron chi connectivity index (χ2n) is 7.39. The zero-order chi connectivity index (χ0) is 20.9. The van der Waals surface area contributed by atoms with E-state index in [1.54, 1.807) is 11.2 Å². The monoisotopic (exact) mass is 415 g/mol. The summed E-state index contributed by atoms with van der Waals surface area (Å²) in [6, 6.07) is 15.7. The van der Waals surface area contributed by atoms with Crippen molar-refractivity contribution in [1.29, 1.82) is 0 Å². The highest BCUT2D eigenvalue weighted by Crippen LogP contribution is 2.13. The van der Waals surface area contributed by atoms with Gasteiger partial charge in [0.25, 0.3) is 5.91 Å². The third-order valence-corrected chi connectivity index (χ3v) is 7.27. The summed E-state index contributed by atoms with van der Waals surface area (Å²) in [6.45, 7) is 7.36. The Morgan fingerprint density at radius 2 is 1.76 bits per heavy atom. The molecule has 1 aliphatic heterocycles. The van der Waals surface area contributed by atoms with Crippen LogP contribution in [0.25, 0.3) is 0 Å². The molecule has 1 fully saturated rings. The summed E-state index contributed by atoms with van der Waals surface area (Å²) in [7, 11) is -3.11. The van der Waals surface area contributed by atoms with Crippen molar-refractivity contribution in [1.82, 2.24) is 14.5 Å². The largest absolute Gasteiger partial charge is 0.348 e. The lowest BCUT2D eigenvalue weighted by atomic mass is 10.1. The molecule has 0 radical (unpaired) electrons. The van der Waals surface area contributed by atoms with E-state index in [1.807, 2.05) is 55.5 Å². The van der Waals surface area contributed by atoms with E-state index >= 15 is 0 Å². The number of carbonyl (C=O) groups excluding carboxylic acids is 1. The van der Waals surface area contributed by atoms with Gasteiger partial charge >= 0.3 is 0 Å². The molecule has 7 heteroatoms. The van der Waals surface area contributed by atoms with E-state index < -0.39 is 10.0 Å². The highest BCUT2D eigenvalue weighted by atomic mass is 32.2. The van der Waals surface area contributed by atoms with Crippen molar-refractivity contribution in [3.63, 3.8) is 0 Å². The molecular weight excluding hydrogens is 386 g/mol. The number of carbonyl (C=O) groups is 1. The summed E-state index contributed by atoms with van der Waals surface area (Å²) in [6.07, 6.45) is 0. The predicted molar refractivity (Wildman–Crippen MR) is 115 cm³/mol. The van der Waals surface area contributed by atoms with Crippen LogP contribution in [0.2, 0.25) is 0 Å². The maximum absolute atomic E-state index is 12.6. The Bertz CT molecular complexity index is 951. The first kappa shape index (κ1) is 21.5. The fraction of sp³-hybridized carbons (Fsp3) is 0.409. The van der Waals surface area contributed by atoms with Gasteiger partial charge in [0.15, 0.2) is 0 Å². The molecule has 0 atom stereocenters. The molecule has 0 bridgehead atoms. The normalized spacial score (nSPS) is 15.9. The Kier molecular flexibility index (Phi) is 7.05. The van der Waals surface area contributed by atoms with E-state index in [0.29, 0.717) is 44.8 Å². The Hall–Kier alpha value is -2.22. The van der Waals surface area contributed by atoms with Crippen LogP contribution in [0, 0.1) is 6.92 Å². The topological polar surface area (TPSA) is 69.7 Å². The lowest BCUT2D eigenvalue weighted by Gasteiger charge is -2.33. The van der Waals surface area contributed by atoms with E-state index in [1.165, 1.54) is 0 Å². The van der Waals surface area contributed by atoms with Gasteiger partial charge < -0.3 is 5.32 Å². The van der Waals surface area contributed by atoms with Crippen LogP contribution in [-0.2, 0) is 23.1 Å². The number of amides is 1. The molecule has 1 heterocycles. The summed E-state index contributed by atoms with van der Waals surface area (Å²) in [5, 5.41) is 2.99. The van der Waals surface area contributed by atoms with Crippen molar-refractivity contribution in [2.45, 2.75) is 26.9 Å². The quantitative estimate of drug-likeness (QED) is 0.754. The van der Waals surface area contributed by atoms with Gasteiger partial charge in [-0.15, -0.1) is 0 Å². The van der Waals surface area contributed by atoms with Crippen molar-refractivity contribution in [3.8, 4) is 0 Å². The molecule has 2 aromatic rings. The van der Waals surface area contributed by atoms with Gasteiger partial charge in [-0.3, -0.25) is 9.69 Å². The molecule has 6 nitrogen and oxygen atoms in total. The molecule has 0 aliphatic carbocycles. The van der Waals surface area contributed by atoms with Crippen LogP contribution in [0.3, 0.4) is 0 Å². The van der Waals surface area contributed by atoms with Gasteiger partial charge in [-0.1, -0.05) is 36.4 Å². The predicted octanol–water partition coefficient (Wildman–Crippen LogP) is 2.39. The van der Waals surface area contributed by atoms with Gasteiger partial charge in [0.05, 0.1) is 5.75 Å². The van der Waals surface area contributed by atoms with Crippen LogP contribution >= 0.6 is 0 Å². The summed E-state index contributed by atoms with van der Waals surface area (Å²) in [5.41, 5.74) is 3.96. The standard InChI is InChI=1S/C22H29N3O3S/c1-3-29(27,28)25-13-11-24(12-14-25)17-19-8-6-10-20(15-19)22(26)23-16-21-9-5-4-7-18(21)2/h4-10,15H,3,11-14,16-17H2,1-2H3,(H,23,26). The minimum atomic E-state index is -3.11. The maximum Gasteiger partial charge on any atom is 0.251 e. The van der Waals surface area contributed by atoms with Gasteiger partial charge in [0.1, 0.15) is 0 Å². The third-order valence-electron chi connectivity index (χ3n) is 5.39. The molecule has 1 saturated heterocycles. The summed E-state index contributed by atoms with van der Waals surface area (Å²) in [4.78, 5) is 14.8. The number of nitrogens with zero attached hydrogens (tertiary/aromatic N) is 2. The average molecular weight is 416 g/mol. The van der Waals surface area contributed by atoms with Crippen molar-refractivity contribution < 1.29 is 13.2 Å². The molecule has 2 aromatic carbocycles. The van der Waals surface area contributed by atoms with Crippen molar-refractivity contribution >= 4 is 15.9 Å². The third kappa shape index (κ3) is 5.65. The number of aryl methyl sites for hydroxylation is 1. The van der Waals surface area contributed by atoms with E-state index in [9.17, 15) is 13.2 Å². The summed E-state index contributed by atoms with van der Waals surface area (Å²) >= 11 is 0. The van der Waals surface area contributed by atoms with E-state index in [2.05, 4.69) is 10.2 Å². The van der Waals surface area contributed by atoms with Gasteiger partial charge in [-0.2, -0.15) is 4.31 Å². The van der Waals surface area contributed by atoms with Crippen LogP contribution in [-0.4, -0.2) is 55.5 Å². The molecule has 3 rings (SSSR count). The lowest BCUT2D eigenvalue weighted by Crippen LogP contribution is -2.48. The number of piperazine rings is 1. The average Bonchev–Trinajstić information content (AvgIpc) is 2.73. The van der Waals surface area contributed by atoms with Crippen LogP contribution < -0.4 is 5.32 Å². The molecule has 0 unspecified atom stereocenters. The molecule has 0 saturated carbocycles. The highest BCUT2D eigenvalue weighted by molar-refractivity contribution is 7.89. The fourth-order valence-corrected chi connectivity index (χ4v) is 4.59. The molecule has 156 valence electrons. The molecule has 1 amide bonds. The minimum Gasteiger partial charge on any atom is -0.348 e. The van der Waals surface area contributed by atoms with Crippen molar-refractivity contribution in [2.75, 3.05) is 31.9 Å². The van der Waals surface area contributed by atoms with Crippen LogP contribution in [0.5, 0.6) is 0 Å². The zero-order valence-electron chi connectivity index (χ0n) is 17.1. The smallest absolute Gasteiger partial charge is 0.251 e. The summed E-state index contributed by atoms with van der Waals surface area (Å²) < 4.78 is 25.5. The van der Waals surface area contributed by atoms with Crippen LogP contribution in [0.4, 0.5) is 0 Å². The Balaban J connectivity index is 1.56. The van der Waals surface area contributed by atoms with E-state index in [4.69, 9.17) is 0 Å². The second-order valence-corrected chi connectivity index (χ2v) is 9.64. The summed E-state index contributed by atoms with van der Waals surface area (Å²) in [5.74, 6) is 0.0566. The lowest BCUT2D eigenvalue weighted by molar-refractivity contribution is 0.0950. The molecule has 1 N–H and O–H groups in total. The maximum atomic E-state index is 12.6. The van der Waals surface area contributed by atoms with Gasteiger partial charge in [-0.05, 0) is 42.7 Å². The SMILES string of the molecule is CCS(=O)(=O)N1CCN(Cc2cccc(C(=O)NCc3ccccc3C)c2)CC1. The first-order chi connectivity index (χ1) is 13.9. The molecule has 0 aromatic heterocycles. The van der Waals surface area contributed by atoms with Crippen LogP contribution in [0.15, 0.2) is 48.5 Å². The second kappa shape index (κ2) is 9.52. The van der Waals surface area contributed by atoms with Gasteiger partial charge in [0, 0.05) is 44.8 Å². The Labute approximate surface area is 173 Å². The fourth-order valence-electron chi connectivity index (χ4n) is 3.50. The highest BCUT2D eigenvalue weighted by Gasteiger charge is 2.25. The molecule has 0 spiro atoms. The molecular formula is C22H29N3O3S. The number of benzene rings is 2. The van der Waals surface area contributed by atoms with Crippen molar-refractivity contribution in [3.05, 3.63) is 70.8 Å². The first-order valence-corrected chi connectivity index (χ1v) is 11.6. The molecule has 1 aliphatic rings. The van der Waals surface area contributed by atoms with Gasteiger partial charge in [0.2, 0.25) is 10.0 Å². The minimum absolute atomic E-state index is 0.0889. The van der Waals surface area contributed by atoms with Crippen LogP contribution in [0.1, 0.15) is 34.0 Å². The number of rotatable bonds is 7. The zero-order valence-corrected chi connectivity index (χ0v) is 17.9. The van der Waals surface area contributed by atoms with Crippen molar-refractivity contribution in [2.24, 2.45) is 0 Å². The Morgan fingerprint density at radius 3 is 2.45 bits per heavy atom. The molecule has 29 heavy (non-hydrogen) atoms. The van der Waals surface area contributed by atoms with E-state index in [-0.39, 0.29) is 11.7 Å². The number of hydrogen-bond donors (Lipinski definition) is 1. The van der Waals surface area contributed by atoms with Gasteiger partial charge in [-0.25, -0.2) is 8.42 Å². The number of sulfonamides is 1. The Morgan fingerprint density at radius 1 is 1.03 bits per heavy atom. The number of nitrogens with one attached hydrogen (secondary N) is 1.